The second-order valence-corrected chi connectivity index (χ2v) is 4.48. The number of methoxy groups -OCH3 is 1. The van der Waals surface area contributed by atoms with Crippen molar-refractivity contribution in [3.8, 4) is 5.75 Å². The van der Waals surface area contributed by atoms with Crippen LogP contribution in [0.2, 0.25) is 5.02 Å². The van der Waals surface area contributed by atoms with Gasteiger partial charge in [0.25, 0.3) is 0 Å². The summed E-state index contributed by atoms with van der Waals surface area (Å²) < 4.78 is 5.32. The molecule has 1 aromatic heterocycles. The summed E-state index contributed by atoms with van der Waals surface area (Å²) in [5.74, 6) is 1.41. The fourth-order valence-corrected chi connectivity index (χ4v) is 2.07. The molecule has 0 saturated carbocycles. The van der Waals surface area contributed by atoms with E-state index in [4.69, 9.17) is 22.1 Å². The maximum atomic E-state index is 6.00. The Morgan fingerprint density at radius 1 is 1.22 bits per heavy atom. The van der Waals surface area contributed by atoms with E-state index in [0.29, 0.717) is 5.82 Å². The Balaban J connectivity index is 2.12. The van der Waals surface area contributed by atoms with Crippen LogP contribution in [0.1, 0.15) is 11.1 Å². The average Bonchev–Trinajstić information content (AvgIpc) is 2.37. The van der Waals surface area contributed by atoms with Gasteiger partial charge in [0.1, 0.15) is 11.6 Å². The largest absolute Gasteiger partial charge is 0.496 e. The lowest BCUT2D eigenvalue weighted by Crippen LogP contribution is -1.97. The number of hydrogen-bond acceptors (Lipinski definition) is 3. The number of halogens is 1. The zero-order chi connectivity index (χ0) is 13.0. The molecule has 0 fully saturated rings. The lowest BCUT2D eigenvalue weighted by Gasteiger charge is -2.09. The number of rotatable bonds is 4. The molecule has 2 aromatic rings. The molecule has 2 rings (SSSR count). The molecule has 4 heteroatoms. The third-order valence-corrected chi connectivity index (χ3v) is 3.01. The van der Waals surface area contributed by atoms with Crippen LogP contribution < -0.4 is 10.5 Å². The molecule has 1 aromatic carbocycles. The van der Waals surface area contributed by atoms with E-state index in [1.165, 1.54) is 0 Å². The van der Waals surface area contributed by atoms with Gasteiger partial charge in [0.2, 0.25) is 0 Å². The molecule has 0 amide bonds. The molecule has 0 atom stereocenters. The van der Waals surface area contributed by atoms with Gasteiger partial charge in [0, 0.05) is 11.2 Å². The summed E-state index contributed by atoms with van der Waals surface area (Å²) in [5, 5.41) is 0.722. The Bertz CT molecular complexity index is 543. The molecule has 1 heterocycles. The summed E-state index contributed by atoms with van der Waals surface area (Å²) in [5.41, 5.74) is 7.91. The van der Waals surface area contributed by atoms with Crippen LogP contribution in [0.4, 0.5) is 5.82 Å². The summed E-state index contributed by atoms with van der Waals surface area (Å²) in [6, 6.07) is 9.50. The highest BCUT2D eigenvalue weighted by molar-refractivity contribution is 6.30. The summed E-state index contributed by atoms with van der Waals surface area (Å²) in [7, 11) is 1.66. The van der Waals surface area contributed by atoms with Crippen molar-refractivity contribution in [1.82, 2.24) is 4.98 Å². The number of hydrogen-bond donors (Lipinski definition) is 1. The molecule has 3 nitrogen and oxygen atoms in total. The molecule has 2 N–H and O–H groups in total. The first-order valence-electron chi connectivity index (χ1n) is 5.72. The molecule has 94 valence electrons. The van der Waals surface area contributed by atoms with Crippen LogP contribution in [0.3, 0.4) is 0 Å². The second kappa shape index (κ2) is 5.74. The van der Waals surface area contributed by atoms with Crippen molar-refractivity contribution in [3.63, 3.8) is 0 Å². The topological polar surface area (TPSA) is 48.1 Å². The Morgan fingerprint density at radius 2 is 2.06 bits per heavy atom. The quantitative estimate of drug-likeness (QED) is 0.921. The van der Waals surface area contributed by atoms with E-state index in [2.05, 4.69) is 4.98 Å². The normalized spacial score (nSPS) is 10.3. The van der Waals surface area contributed by atoms with Crippen molar-refractivity contribution in [2.24, 2.45) is 0 Å². The van der Waals surface area contributed by atoms with Gasteiger partial charge < -0.3 is 10.5 Å². The standard InChI is InChI=1S/C14H15ClN2O/c1-18-13-5-4-12(15)9-11(13)3-2-10-6-7-17-14(16)8-10/h4-9H,2-3H2,1H3,(H2,16,17). The number of nitrogen functional groups attached to an aromatic ring is 1. The molecule has 0 radical (unpaired) electrons. The van der Waals surface area contributed by atoms with Crippen molar-refractivity contribution in [3.05, 3.63) is 52.7 Å². The number of benzene rings is 1. The van der Waals surface area contributed by atoms with Crippen LogP contribution in [-0.2, 0) is 12.8 Å². The predicted octanol–water partition coefficient (Wildman–Crippen LogP) is 3.11. The lowest BCUT2D eigenvalue weighted by molar-refractivity contribution is 0.409. The van der Waals surface area contributed by atoms with Crippen LogP contribution in [0, 0.1) is 0 Å². The van der Waals surface area contributed by atoms with E-state index in [-0.39, 0.29) is 0 Å². The minimum absolute atomic E-state index is 0.547. The predicted molar refractivity (Wildman–Crippen MR) is 74.1 cm³/mol. The number of aromatic nitrogens is 1. The molecular formula is C14H15ClN2O. The molecule has 0 unspecified atom stereocenters. The van der Waals surface area contributed by atoms with Gasteiger partial charge in [-0.2, -0.15) is 0 Å². The Hall–Kier alpha value is -1.74. The minimum Gasteiger partial charge on any atom is -0.496 e. The molecule has 0 aliphatic heterocycles. The van der Waals surface area contributed by atoms with Gasteiger partial charge in [-0.25, -0.2) is 4.98 Å². The van der Waals surface area contributed by atoms with Crippen molar-refractivity contribution >= 4 is 17.4 Å². The first kappa shape index (κ1) is 12.7. The van der Waals surface area contributed by atoms with Crippen molar-refractivity contribution in [1.29, 1.82) is 0 Å². The number of pyridine rings is 1. The SMILES string of the molecule is COc1ccc(Cl)cc1CCc1ccnc(N)c1. The molecule has 0 aliphatic rings. The first-order valence-corrected chi connectivity index (χ1v) is 6.09. The highest BCUT2D eigenvalue weighted by Crippen LogP contribution is 2.24. The monoisotopic (exact) mass is 262 g/mol. The number of aryl methyl sites for hydroxylation is 2. The zero-order valence-electron chi connectivity index (χ0n) is 10.2. The van der Waals surface area contributed by atoms with Gasteiger partial charge in [-0.15, -0.1) is 0 Å². The highest BCUT2D eigenvalue weighted by Gasteiger charge is 2.04. The maximum Gasteiger partial charge on any atom is 0.123 e. The van der Waals surface area contributed by atoms with Crippen molar-refractivity contribution in [2.75, 3.05) is 12.8 Å². The summed E-state index contributed by atoms with van der Waals surface area (Å²) in [6.45, 7) is 0. The van der Waals surface area contributed by atoms with Gasteiger partial charge in [-0.3, -0.25) is 0 Å². The van der Waals surface area contributed by atoms with Crippen LogP contribution in [-0.4, -0.2) is 12.1 Å². The Kier molecular flexibility index (Phi) is 4.05. The average molecular weight is 263 g/mol. The van der Waals surface area contributed by atoms with E-state index < -0.39 is 0 Å². The van der Waals surface area contributed by atoms with Gasteiger partial charge >= 0.3 is 0 Å². The number of nitrogens with two attached hydrogens (primary N) is 1. The number of nitrogens with zero attached hydrogens (tertiary/aromatic N) is 1. The maximum absolute atomic E-state index is 6.00. The Morgan fingerprint density at radius 3 is 2.78 bits per heavy atom. The smallest absolute Gasteiger partial charge is 0.123 e. The molecule has 18 heavy (non-hydrogen) atoms. The number of anilines is 1. The third kappa shape index (κ3) is 3.14. The van der Waals surface area contributed by atoms with Gasteiger partial charge in [0.05, 0.1) is 7.11 Å². The summed E-state index contributed by atoms with van der Waals surface area (Å²) in [4.78, 5) is 3.97. The van der Waals surface area contributed by atoms with Crippen molar-refractivity contribution < 1.29 is 4.74 Å². The van der Waals surface area contributed by atoms with Gasteiger partial charge in [0.15, 0.2) is 0 Å². The molecular weight excluding hydrogens is 248 g/mol. The summed E-state index contributed by atoms with van der Waals surface area (Å²) >= 11 is 6.00. The van der Waals surface area contributed by atoms with Gasteiger partial charge in [-0.05, 0) is 54.3 Å². The third-order valence-electron chi connectivity index (χ3n) is 2.77. The fourth-order valence-electron chi connectivity index (χ4n) is 1.87. The van der Waals surface area contributed by atoms with E-state index in [9.17, 15) is 0 Å². The van der Waals surface area contributed by atoms with Crippen LogP contribution in [0.15, 0.2) is 36.5 Å². The van der Waals surface area contributed by atoms with E-state index in [0.717, 1.165) is 34.7 Å². The molecule has 0 aliphatic carbocycles. The zero-order valence-corrected chi connectivity index (χ0v) is 10.9. The van der Waals surface area contributed by atoms with Crippen LogP contribution in [0.5, 0.6) is 5.75 Å². The molecule has 0 bridgehead atoms. The first-order chi connectivity index (χ1) is 8.69. The Labute approximate surface area is 112 Å². The molecule has 0 spiro atoms. The second-order valence-electron chi connectivity index (χ2n) is 4.05. The fraction of sp³-hybridized carbons (Fsp3) is 0.214. The van der Waals surface area contributed by atoms with E-state index >= 15 is 0 Å². The highest BCUT2D eigenvalue weighted by atomic mass is 35.5. The van der Waals surface area contributed by atoms with Gasteiger partial charge in [-0.1, -0.05) is 11.6 Å². The lowest BCUT2D eigenvalue weighted by atomic mass is 10.0. The van der Waals surface area contributed by atoms with Crippen LogP contribution >= 0.6 is 11.6 Å². The number of ether oxygens (including phenoxy) is 1. The summed E-state index contributed by atoms with van der Waals surface area (Å²) in [6.07, 6.45) is 3.45. The minimum atomic E-state index is 0.547. The van der Waals surface area contributed by atoms with Crippen LogP contribution in [0.25, 0.3) is 0 Å². The molecule has 0 saturated heterocycles. The van der Waals surface area contributed by atoms with E-state index in [1.807, 2.05) is 30.3 Å². The van der Waals surface area contributed by atoms with Crippen molar-refractivity contribution in [2.45, 2.75) is 12.8 Å². The van der Waals surface area contributed by atoms with E-state index in [1.54, 1.807) is 13.3 Å².